The van der Waals surface area contributed by atoms with Gasteiger partial charge < -0.3 is 0 Å². The first-order chi connectivity index (χ1) is 7.77. The fraction of sp³-hybridized carbons (Fsp3) is 0.333. The second kappa shape index (κ2) is 4.96. The quantitative estimate of drug-likeness (QED) is 0.777. The van der Waals surface area contributed by atoms with E-state index in [1.165, 1.54) is 6.07 Å². The first-order valence-electron chi connectivity index (χ1n) is 4.19. The molecule has 0 bridgehead atoms. The summed E-state index contributed by atoms with van der Waals surface area (Å²) in [5.41, 5.74) is -2.55. The van der Waals surface area contributed by atoms with E-state index in [1.807, 2.05) is 0 Å². The van der Waals surface area contributed by atoms with Gasteiger partial charge in [-0.25, -0.2) is 13.8 Å². The van der Waals surface area contributed by atoms with Crippen molar-refractivity contribution in [1.82, 2.24) is 4.98 Å². The maximum atomic E-state index is 12.6. The van der Waals surface area contributed by atoms with Crippen molar-refractivity contribution in [2.75, 3.05) is 0 Å². The molecule has 0 aliphatic rings. The highest BCUT2D eigenvalue weighted by atomic mass is 79.9. The summed E-state index contributed by atoms with van der Waals surface area (Å²) in [6, 6.07) is 1.98. The number of hydrogen-bond acceptors (Lipinski definition) is 2. The van der Waals surface area contributed by atoms with Crippen molar-refractivity contribution in [3.8, 4) is 6.07 Å². The molecular weight excluding hydrogens is 311 g/mol. The van der Waals surface area contributed by atoms with Gasteiger partial charge in [-0.15, -0.1) is 0 Å². The van der Waals surface area contributed by atoms with Crippen LogP contribution in [0, 0.1) is 11.3 Å². The maximum Gasteiger partial charge on any atom is 0.433 e. The molecule has 0 aliphatic heterocycles. The SMILES string of the molecule is N#CCc1nc(C(F)(F)F)cc(Br)c1C(F)F. The first-order valence-corrected chi connectivity index (χ1v) is 4.98. The molecular formula is C9H4BrF5N2. The Labute approximate surface area is 101 Å². The number of nitriles is 1. The summed E-state index contributed by atoms with van der Waals surface area (Å²) in [5, 5.41) is 8.38. The molecule has 0 fully saturated rings. The van der Waals surface area contributed by atoms with Gasteiger partial charge in [-0.3, -0.25) is 0 Å². The van der Waals surface area contributed by atoms with Gasteiger partial charge in [0.25, 0.3) is 6.43 Å². The van der Waals surface area contributed by atoms with E-state index in [-0.39, 0.29) is 0 Å². The topological polar surface area (TPSA) is 36.7 Å². The summed E-state index contributed by atoms with van der Waals surface area (Å²) in [6.45, 7) is 0. The summed E-state index contributed by atoms with van der Waals surface area (Å²) in [7, 11) is 0. The predicted octanol–water partition coefficient (Wildman–Crippen LogP) is 3.87. The summed E-state index contributed by atoms with van der Waals surface area (Å²) < 4.78 is 61.9. The van der Waals surface area contributed by atoms with Gasteiger partial charge in [0.1, 0.15) is 5.69 Å². The van der Waals surface area contributed by atoms with E-state index in [1.54, 1.807) is 0 Å². The number of aromatic nitrogens is 1. The maximum absolute atomic E-state index is 12.6. The molecule has 0 amide bonds. The third-order valence-corrected chi connectivity index (χ3v) is 2.50. The minimum atomic E-state index is -4.74. The van der Waals surface area contributed by atoms with Gasteiger partial charge in [0.2, 0.25) is 0 Å². The van der Waals surface area contributed by atoms with Crippen LogP contribution < -0.4 is 0 Å². The Morgan fingerprint density at radius 2 is 2.00 bits per heavy atom. The summed E-state index contributed by atoms with van der Waals surface area (Å²) in [6.07, 6.45) is -8.35. The van der Waals surface area contributed by atoms with E-state index in [4.69, 9.17) is 5.26 Å². The number of alkyl halides is 5. The van der Waals surface area contributed by atoms with Crippen LogP contribution in [0.1, 0.15) is 23.4 Å². The van der Waals surface area contributed by atoms with Gasteiger partial charge in [0, 0.05) is 4.47 Å². The number of pyridine rings is 1. The Morgan fingerprint density at radius 1 is 1.41 bits per heavy atom. The smallest absolute Gasteiger partial charge is 0.247 e. The monoisotopic (exact) mass is 314 g/mol. The largest absolute Gasteiger partial charge is 0.433 e. The van der Waals surface area contributed by atoms with Gasteiger partial charge in [0.05, 0.1) is 23.7 Å². The van der Waals surface area contributed by atoms with Crippen LogP contribution in [-0.2, 0) is 12.6 Å². The average molecular weight is 315 g/mol. The molecule has 0 saturated heterocycles. The molecule has 92 valence electrons. The Kier molecular flexibility index (Phi) is 4.03. The highest BCUT2D eigenvalue weighted by molar-refractivity contribution is 9.10. The van der Waals surface area contributed by atoms with Crippen molar-refractivity contribution in [3.05, 3.63) is 27.5 Å². The van der Waals surface area contributed by atoms with Crippen LogP contribution in [0.25, 0.3) is 0 Å². The number of rotatable bonds is 2. The molecule has 1 heterocycles. The van der Waals surface area contributed by atoms with Gasteiger partial charge in [-0.1, -0.05) is 15.9 Å². The minimum absolute atomic E-state index is 0.403. The lowest BCUT2D eigenvalue weighted by Gasteiger charge is -2.12. The van der Waals surface area contributed by atoms with Crippen LogP contribution in [0.5, 0.6) is 0 Å². The second-order valence-electron chi connectivity index (χ2n) is 2.98. The zero-order chi connectivity index (χ0) is 13.2. The average Bonchev–Trinajstić information content (AvgIpc) is 2.15. The molecule has 2 nitrogen and oxygen atoms in total. The molecule has 0 unspecified atom stereocenters. The minimum Gasteiger partial charge on any atom is -0.247 e. The molecule has 0 atom stereocenters. The van der Waals surface area contributed by atoms with E-state index < -0.39 is 40.4 Å². The van der Waals surface area contributed by atoms with E-state index in [2.05, 4.69) is 20.9 Å². The Bertz CT molecular complexity index is 464. The van der Waals surface area contributed by atoms with Crippen molar-refractivity contribution in [1.29, 1.82) is 5.26 Å². The highest BCUT2D eigenvalue weighted by Gasteiger charge is 2.34. The van der Waals surface area contributed by atoms with Crippen LogP contribution in [0.15, 0.2) is 10.5 Å². The summed E-state index contributed by atoms with van der Waals surface area (Å²) in [4.78, 5) is 3.06. The Hall–Kier alpha value is -1.23. The van der Waals surface area contributed by atoms with E-state index in [9.17, 15) is 22.0 Å². The standard InChI is InChI=1S/C9H4BrF5N2/c10-4-3-6(9(13,14)15)17-5(1-2-16)7(4)8(11)12/h3,8H,1H2. The fourth-order valence-electron chi connectivity index (χ4n) is 1.16. The zero-order valence-corrected chi connectivity index (χ0v) is 9.61. The molecule has 17 heavy (non-hydrogen) atoms. The molecule has 0 aliphatic carbocycles. The van der Waals surface area contributed by atoms with Crippen LogP contribution >= 0.6 is 15.9 Å². The third kappa shape index (κ3) is 3.12. The zero-order valence-electron chi connectivity index (χ0n) is 8.02. The highest BCUT2D eigenvalue weighted by Crippen LogP contribution is 2.35. The summed E-state index contributed by atoms with van der Waals surface area (Å²) >= 11 is 2.63. The van der Waals surface area contributed by atoms with Crippen molar-refractivity contribution < 1.29 is 22.0 Å². The lowest BCUT2D eigenvalue weighted by molar-refractivity contribution is -0.141. The van der Waals surface area contributed by atoms with Crippen molar-refractivity contribution in [2.45, 2.75) is 19.0 Å². The Balaban J connectivity index is 3.42. The van der Waals surface area contributed by atoms with Crippen LogP contribution in [0.3, 0.4) is 0 Å². The van der Waals surface area contributed by atoms with Crippen molar-refractivity contribution >= 4 is 15.9 Å². The van der Waals surface area contributed by atoms with E-state index in [0.29, 0.717) is 6.07 Å². The Morgan fingerprint density at radius 3 is 2.41 bits per heavy atom. The van der Waals surface area contributed by atoms with Gasteiger partial charge in [0.15, 0.2) is 0 Å². The van der Waals surface area contributed by atoms with Crippen molar-refractivity contribution in [3.63, 3.8) is 0 Å². The van der Waals surface area contributed by atoms with E-state index >= 15 is 0 Å². The molecule has 1 aromatic rings. The molecule has 0 aromatic carbocycles. The molecule has 0 N–H and O–H groups in total. The lowest BCUT2D eigenvalue weighted by Crippen LogP contribution is -2.12. The fourth-order valence-corrected chi connectivity index (χ4v) is 1.78. The van der Waals surface area contributed by atoms with Crippen LogP contribution in [-0.4, -0.2) is 4.98 Å². The number of hydrogen-bond donors (Lipinski definition) is 0. The summed E-state index contributed by atoms with van der Waals surface area (Å²) in [5.74, 6) is 0. The normalized spacial score (nSPS) is 11.6. The van der Waals surface area contributed by atoms with Gasteiger partial charge >= 0.3 is 6.18 Å². The number of halogens is 6. The first kappa shape index (κ1) is 13.8. The molecule has 8 heteroatoms. The lowest BCUT2D eigenvalue weighted by atomic mass is 10.1. The molecule has 1 rings (SSSR count). The van der Waals surface area contributed by atoms with Crippen molar-refractivity contribution in [2.24, 2.45) is 0 Å². The van der Waals surface area contributed by atoms with Crippen LogP contribution in [0.4, 0.5) is 22.0 Å². The predicted molar refractivity (Wildman–Crippen MR) is 51.2 cm³/mol. The third-order valence-electron chi connectivity index (χ3n) is 1.84. The molecule has 1 aromatic heterocycles. The molecule has 0 radical (unpaired) electrons. The van der Waals surface area contributed by atoms with E-state index in [0.717, 1.165) is 0 Å². The molecule has 0 spiro atoms. The number of nitrogens with zero attached hydrogens (tertiary/aromatic N) is 2. The second-order valence-corrected chi connectivity index (χ2v) is 3.84. The van der Waals surface area contributed by atoms with Gasteiger partial charge in [-0.05, 0) is 6.07 Å². The van der Waals surface area contributed by atoms with Gasteiger partial charge in [-0.2, -0.15) is 18.4 Å². The van der Waals surface area contributed by atoms with Crippen LogP contribution in [0.2, 0.25) is 0 Å². The molecule has 0 saturated carbocycles.